The summed E-state index contributed by atoms with van der Waals surface area (Å²) in [6.45, 7) is 3.45. The molecule has 4 nitrogen and oxygen atoms in total. The van der Waals surface area contributed by atoms with E-state index in [9.17, 15) is 4.79 Å². The number of hydrogen-bond donors (Lipinski definition) is 1. The zero-order chi connectivity index (χ0) is 18.0. The third-order valence-electron chi connectivity index (χ3n) is 4.71. The van der Waals surface area contributed by atoms with Gasteiger partial charge >= 0.3 is 0 Å². The molecule has 1 saturated heterocycles. The molecule has 2 aromatic carbocycles. The molecule has 1 amide bonds. The van der Waals surface area contributed by atoms with Crippen molar-refractivity contribution in [3.8, 4) is 5.75 Å². The second kappa shape index (κ2) is 9.85. The number of rotatable bonds is 8. The van der Waals surface area contributed by atoms with Gasteiger partial charge in [-0.2, -0.15) is 0 Å². The van der Waals surface area contributed by atoms with Crippen LogP contribution in [0.2, 0.25) is 0 Å². The second-order valence-electron chi connectivity index (χ2n) is 6.76. The highest BCUT2D eigenvalue weighted by molar-refractivity contribution is 5.75. The van der Waals surface area contributed by atoms with Gasteiger partial charge in [0, 0.05) is 31.7 Å². The van der Waals surface area contributed by atoms with Crippen molar-refractivity contribution in [2.75, 3.05) is 24.6 Å². The van der Waals surface area contributed by atoms with Crippen LogP contribution in [-0.4, -0.2) is 25.6 Å². The van der Waals surface area contributed by atoms with Crippen molar-refractivity contribution in [2.24, 2.45) is 0 Å². The molecular weight excluding hydrogens is 324 g/mol. The minimum Gasteiger partial charge on any atom is -0.494 e. The number of carbonyl (C=O) groups excluding carboxylic acids is 1. The van der Waals surface area contributed by atoms with Crippen molar-refractivity contribution in [1.82, 2.24) is 5.32 Å². The minimum absolute atomic E-state index is 0.0711. The Bertz CT molecular complexity index is 664. The fourth-order valence-electron chi connectivity index (χ4n) is 3.21. The van der Waals surface area contributed by atoms with Gasteiger partial charge in [-0.15, -0.1) is 0 Å². The highest BCUT2D eigenvalue weighted by Crippen LogP contribution is 2.20. The molecule has 1 N–H and O–H groups in total. The van der Waals surface area contributed by atoms with Gasteiger partial charge in [0.25, 0.3) is 0 Å². The molecular formula is C22H28N2O2. The fraction of sp³-hybridized carbons (Fsp3) is 0.409. The summed E-state index contributed by atoms with van der Waals surface area (Å²) in [7, 11) is 0. The van der Waals surface area contributed by atoms with Gasteiger partial charge in [0.2, 0.25) is 5.91 Å². The van der Waals surface area contributed by atoms with Crippen molar-refractivity contribution < 1.29 is 9.53 Å². The molecule has 1 aliphatic rings. The van der Waals surface area contributed by atoms with Crippen LogP contribution in [0.3, 0.4) is 0 Å². The predicted molar refractivity (Wildman–Crippen MR) is 106 cm³/mol. The molecule has 1 fully saturated rings. The SMILES string of the molecule is O=C(CCCOc1ccccc1)NCc1ccc(N2CCCCC2)cc1. The number of para-hydroxylation sites is 1. The van der Waals surface area contributed by atoms with Gasteiger partial charge in [-0.3, -0.25) is 4.79 Å². The summed E-state index contributed by atoms with van der Waals surface area (Å²) in [5.41, 5.74) is 2.43. The minimum atomic E-state index is 0.0711. The highest BCUT2D eigenvalue weighted by Gasteiger charge is 2.10. The van der Waals surface area contributed by atoms with E-state index in [-0.39, 0.29) is 5.91 Å². The number of nitrogens with zero attached hydrogens (tertiary/aromatic N) is 1. The lowest BCUT2D eigenvalue weighted by atomic mass is 10.1. The Morgan fingerprint density at radius 1 is 0.962 bits per heavy atom. The Labute approximate surface area is 156 Å². The average molecular weight is 352 g/mol. The van der Waals surface area contributed by atoms with Crippen LogP contribution in [0.25, 0.3) is 0 Å². The maximum Gasteiger partial charge on any atom is 0.220 e. The van der Waals surface area contributed by atoms with Crippen molar-refractivity contribution in [2.45, 2.75) is 38.6 Å². The number of carbonyl (C=O) groups is 1. The monoisotopic (exact) mass is 352 g/mol. The number of benzene rings is 2. The first kappa shape index (κ1) is 18.3. The molecule has 0 aromatic heterocycles. The summed E-state index contributed by atoms with van der Waals surface area (Å²) >= 11 is 0. The van der Waals surface area contributed by atoms with Gasteiger partial charge in [0.05, 0.1) is 6.61 Å². The largest absolute Gasteiger partial charge is 0.494 e. The fourth-order valence-corrected chi connectivity index (χ4v) is 3.21. The molecule has 138 valence electrons. The number of amides is 1. The van der Waals surface area contributed by atoms with E-state index < -0.39 is 0 Å². The van der Waals surface area contributed by atoms with Crippen molar-refractivity contribution in [3.05, 3.63) is 60.2 Å². The molecule has 0 saturated carbocycles. The van der Waals surface area contributed by atoms with Crippen LogP contribution in [-0.2, 0) is 11.3 Å². The van der Waals surface area contributed by atoms with Gasteiger partial charge in [0.1, 0.15) is 5.75 Å². The molecule has 0 atom stereocenters. The molecule has 0 radical (unpaired) electrons. The van der Waals surface area contributed by atoms with Crippen LogP contribution in [0.1, 0.15) is 37.7 Å². The summed E-state index contributed by atoms with van der Waals surface area (Å²) in [5, 5.41) is 2.99. The van der Waals surface area contributed by atoms with Crippen LogP contribution < -0.4 is 15.0 Å². The maximum atomic E-state index is 12.0. The molecule has 1 aliphatic heterocycles. The highest BCUT2D eigenvalue weighted by atomic mass is 16.5. The first-order valence-electron chi connectivity index (χ1n) is 9.60. The maximum absolute atomic E-state index is 12.0. The third kappa shape index (κ3) is 5.80. The lowest BCUT2D eigenvalue weighted by Gasteiger charge is -2.28. The summed E-state index contributed by atoms with van der Waals surface area (Å²) in [4.78, 5) is 14.4. The molecule has 1 heterocycles. The quantitative estimate of drug-likeness (QED) is 0.726. The lowest BCUT2D eigenvalue weighted by Crippen LogP contribution is -2.29. The second-order valence-corrected chi connectivity index (χ2v) is 6.76. The Balaban J connectivity index is 1.33. The van der Waals surface area contributed by atoms with Gasteiger partial charge in [0.15, 0.2) is 0 Å². The van der Waals surface area contributed by atoms with Crippen molar-refractivity contribution >= 4 is 11.6 Å². The average Bonchev–Trinajstić information content (AvgIpc) is 2.71. The molecule has 0 bridgehead atoms. The van der Waals surface area contributed by atoms with E-state index in [1.54, 1.807) is 0 Å². The Kier molecular flexibility index (Phi) is 6.94. The van der Waals surface area contributed by atoms with E-state index in [0.717, 1.165) is 24.4 Å². The summed E-state index contributed by atoms with van der Waals surface area (Å²) in [6, 6.07) is 18.3. The Morgan fingerprint density at radius 2 is 1.69 bits per heavy atom. The van der Waals surface area contributed by atoms with Gasteiger partial charge in [-0.05, 0) is 55.5 Å². The van der Waals surface area contributed by atoms with Crippen molar-refractivity contribution in [3.63, 3.8) is 0 Å². The number of anilines is 1. The molecule has 4 heteroatoms. The van der Waals surface area contributed by atoms with Crippen LogP contribution in [0.15, 0.2) is 54.6 Å². The van der Waals surface area contributed by atoms with E-state index >= 15 is 0 Å². The molecule has 0 spiro atoms. The van der Waals surface area contributed by atoms with Crippen LogP contribution >= 0.6 is 0 Å². The molecule has 0 unspecified atom stereocenters. The number of piperidine rings is 1. The van der Waals surface area contributed by atoms with Gasteiger partial charge < -0.3 is 15.0 Å². The van der Waals surface area contributed by atoms with Crippen molar-refractivity contribution in [1.29, 1.82) is 0 Å². The number of ether oxygens (including phenoxy) is 1. The summed E-state index contributed by atoms with van der Waals surface area (Å²) < 4.78 is 5.61. The van der Waals surface area contributed by atoms with E-state index in [1.165, 1.54) is 24.9 Å². The van der Waals surface area contributed by atoms with E-state index in [4.69, 9.17) is 4.74 Å². The van der Waals surface area contributed by atoms with Crippen LogP contribution in [0.5, 0.6) is 5.75 Å². The van der Waals surface area contributed by atoms with Gasteiger partial charge in [-0.1, -0.05) is 30.3 Å². The first-order chi connectivity index (χ1) is 12.8. The zero-order valence-electron chi connectivity index (χ0n) is 15.3. The smallest absolute Gasteiger partial charge is 0.220 e. The first-order valence-corrected chi connectivity index (χ1v) is 9.60. The lowest BCUT2D eigenvalue weighted by molar-refractivity contribution is -0.121. The number of nitrogens with one attached hydrogen (secondary N) is 1. The summed E-state index contributed by atoms with van der Waals surface area (Å²) in [5.74, 6) is 0.920. The summed E-state index contributed by atoms with van der Waals surface area (Å²) in [6.07, 6.45) is 5.11. The number of hydrogen-bond acceptors (Lipinski definition) is 3. The Hall–Kier alpha value is -2.49. The van der Waals surface area contributed by atoms with E-state index in [0.29, 0.717) is 26.0 Å². The molecule has 0 aliphatic carbocycles. The molecule has 3 rings (SSSR count). The predicted octanol–water partition coefficient (Wildman–Crippen LogP) is 4.15. The van der Waals surface area contributed by atoms with Gasteiger partial charge in [-0.25, -0.2) is 0 Å². The standard InChI is InChI=1S/C22H28N2O2/c25-22(10-7-17-26-21-8-3-1-4-9-21)23-18-19-11-13-20(14-12-19)24-15-5-2-6-16-24/h1,3-4,8-9,11-14H,2,5-7,10,15-18H2,(H,23,25). The van der Waals surface area contributed by atoms with E-state index in [1.807, 2.05) is 30.3 Å². The normalized spacial score (nSPS) is 14.1. The van der Waals surface area contributed by atoms with Crippen LogP contribution in [0.4, 0.5) is 5.69 Å². The van der Waals surface area contributed by atoms with Crippen LogP contribution in [0, 0.1) is 0 Å². The van der Waals surface area contributed by atoms with E-state index in [2.05, 4.69) is 34.5 Å². The Morgan fingerprint density at radius 3 is 2.42 bits per heavy atom. The topological polar surface area (TPSA) is 41.6 Å². The molecule has 2 aromatic rings. The zero-order valence-corrected chi connectivity index (χ0v) is 15.3. The third-order valence-corrected chi connectivity index (χ3v) is 4.71. The molecule has 26 heavy (non-hydrogen) atoms.